The molecule has 0 fully saturated rings. The molecule has 1 heteroatoms. The number of aryl methyl sites for hydroxylation is 3. The molecule has 0 atom stereocenters. The Morgan fingerprint density at radius 1 is 0.760 bits per heavy atom. The normalized spacial score (nSPS) is 14.2. The highest BCUT2D eigenvalue weighted by atomic mass is 16.5. The van der Waals surface area contributed by atoms with Crippen LogP contribution < -0.4 is 0 Å². The van der Waals surface area contributed by atoms with Crippen LogP contribution in [-0.2, 0) is 10.3 Å². The summed E-state index contributed by atoms with van der Waals surface area (Å²) in [5.74, 6) is 0. The predicted octanol–water partition coefficient (Wildman–Crippen LogP) is 5.92. The topological polar surface area (TPSA) is 9.23 Å². The van der Waals surface area contributed by atoms with Crippen LogP contribution >= 0.6 is 0 Å². The Labute approximate surface area is 150 Å². The van der Waals surface area contributed by atoms with Crippen molar-refractivity contribution in [3.05, 3.63) is 94.0 Å². The smallest absolute Gasteiger partial charge is 0.145 e. The van der Waals surface area contributed by atoms with Crippen molar-refractivity contribution in [3.8, 4) is 11.1 Å². The van der Waals surface area contributed by atoms with E-state index in [1.165, 1.54) is 44.5 Å². The van der Waals surface area contributed by atoms with Crippen LogP contribution in [0.15, 0.2) is 60.7 Å². The molecule has 0 N–H and O–H groups in total. The quantitative estimate of drug-likeness (QED) is 0.580. The van der Waals surface area contributed by atoms with Gasteiger partial charge in [0.25, 0.3) is 0 Å². The highest BCUT2D eigenvalue weighted by Crippen LogP contribution is 2.54. The summed E-state index contributed by atoms with van der Waals surface area (Å²) in [7, 11) is 0. The second-order valence-electron chi connectivity index (χ2n) is 6.98. The largest absolute Gasteiger partial charge is 0.361 e. The van der Waals surface area contributed by atoms with Crippen molar-refractivity contribution in [1.29, 1.82) is 0 Å². The maximum absolute atomic E-state index is 6.63. The number of fused-ring (bicyclic) bond motifs is 3. The lowest BCUT2D eigenvalue weighted by molar-refractivity contribution is 0.0241. The molecule has 0 radical (unpaired) electrons. The summed E-state index contributed by atoms with van der Waals surface area (Å²) < 4.78 is 6.63. The first-order valence-electron chi connectivity index (χ1n) is 9.01. The lowest BCUT2D eigenvalue weighted by Crippen LogP contribution is -2.32. The Morgan fingerprint density at radius 2 is 1.24 bits per heavy atom. The molecule has 0 spiro atoms. The zero-order chi connectivity index (χ0) is 17.6. The molecule has 0 saturated carbocycles. The van der Waals surface area contributed by atoms with E-state index in [0.717, 1.165) is 0 Å². The van der Waals surface area contributed by atoms with E-state index in [-0.39, 0.29) is 0 Å². The van der Waals surface area contributed by atoms with Gasteiger partial charge in [-0.15, -0.1) is 0 Å². The monoisotopic (exact) mass is 328 g/mol. The Hall–Kier alpha value is -2.38. The van der Waals surface area contributed by atoms with Gasteiger partial charge in [0.2, 0.25) is 0 Å². The molecule has 1 aliphatic rings. The Balaban J connectivity index is 2.15. The van der Waals surface area contributed by atoms with Crippen molar-refractivity contribution in [3.63, 3.8) is 0 Å². The van der Waals surface area contributed by atoms with E-state index in [9.17, 15) is 0 Å². The third-order valence-corrected chi connectivity index (χ3v) is 5.29. The molecule has 0 aromatic heterocycles. The van der Waals surface area contributed by atoms with Crippen LogP contribution in [0.2, 0.25) is 0 Å². The highest BCUT2D eigenvalue weighted by Gasteiger charge is 2.46. The van der Waals surface area contributed by atoms with Gasteiger partial charge < -0.3 is 4.74 Å². The van der Waals surface area contributed by atoms with Gasteiger partial charge in [-0.3, -0.25) is 0 Å². The molecular weight excluding hydrogens is 304 g/mol. The van der Waals surface area contributed by atoms with Gasteiger partial charge in [-0.25, -0.2) is 0 Å². The minimum Gasteiger partial charge on any atom is -0.361 e. The molecule has 3 aromatic rings. The summed E-state index contributed by atoms with van der Waals surface area (Å²) >= 11 is 0. The second-order valence-corrected chi connectivity index (χ2v) is 6.98. The lowest BCUT2D eigenvalue weighted by Gasteiger charge is -2.35. The number of hydrogen-bond donors (Lipinski definition) is 0. The second kappa shape index (κ2) is 5.86. The van der Waals surface area contributed by atoms with E-state index < -0.39 is 5.60 Å². The molecule has 0 bridgehead atoms. The lowest BCUT2D eigenvalue weighted by atomic mass is 9.79. The van der Waals surface area contributed by atoms with Gasteiger partial charge in [0.15, 0.2) is 0 Å². The fourth-order valence-corrected chi connectivity index (χ4v) is 4.64. The van der Waals surface area contributed by atoms with Crippen LogP contribution in [0.5, 0.6) is 0 Å². The van der Waals surface area contributed by atoms with Crippen LogP contribution in [0.25, 0.3) is 11.1 Å². The van der Waals surface area contributed by atoms with Gasteiger partial charge >= 0.3 is 0 Å². The molecule has 3 aromatic carbocycles. The van der Waals surface area contributed by atoms with E-state index in [2.05, 4.69) is 88.4 Å². The molecule has 126 valence electrons. The van der Waals surface area contributed by atoms with Gasteiger partial charge in [-0.1, -0.05) is 66.2 Å². The maximum Gasteiger partial charge on any atom is 0.145 e. The van der Waals surface area contributed by atoms with Crippen LogP contribution in [0.3, 0.4) is 0 Å². The summed E-state index contributed by atoms with van der Waals surface area (Å²) in [5, 5.41) is 0. The number of hydrogen-bond acceptors (Lipinski definition) is 1. The van der Waals surface area contributed by atoms with Crippen molar-refractivity contribution in [1.82, 2.24) is 0 Å². The van der Waals surface area contributed by atoms with E-state index >= 15 is 0 Å². The third kappa shape index (κ3) is 2.19. The van der Waals surface area contributed by atoms with Crippen molar-refractivity contribution in [2.24, 2.45) is 0 Å². The zero-order valence-corrected chi connectivity index (χ0v) is 15.4. The fourth-order valence-electron chi connectivity index (χ4n) is 4.64. The van der Waals surface area contributed by atoms with Crippen LogP contribution in [0, 0.1) is 20.8 Å². The zero-order valence-electron chi connectivity index (χ0n) is 15.4. The molecule has 1 nitrogen and oxygen atoms in total. The summed E-state index contributed by atoms with van der Waals surface area (Å²) in [5.41, 5.74) is 9.72. The average molecular weight is 328 g/mol. The van der Waals surface area contributed by atoms with Crippen molar-refractivity contribution in [2.75, 3.05) is 6.61 Å². The third-order valence-electron chi connectivity index (χ3n) is 5.29. The molecular formula is C24H24O. The predicted molar refractivity (Wildman–Crippen MR) is 104 cm³/mol. The van der Waals surface area contributed by atoms with Crippen molar-refractivity contribution >= 4 is 0 Å². The molecule has 0 unspecified atom stereocenters. The molecule has 0 saturated heterocycles. The highest BCUT2D eigenvalue weighted by molar-refractivity contribution is 5.83. The Bertz CT molecular complexity index is 883. The summed E-state index contributed by atoms with van der Waals surface area (Å²) in [6.45, 7) is 9.33. The Kier molecular flexibility index (Phi) is 3.77. The number of ether oxygens (including phenoxy) is 1. The van der Waals surface area contributed by atoms with Gasteiger partial charge in [-0.05, 0) is 55.5 Å². The first-order valence-corrected chi connectivity index (χ1v) is 9.01. The molecule has 0 amide bonds. The van der Waals surface area contributed by atoms with Crippen molar-refractivity contribution in [2.45, 2.75) is 33.3 Å². The summed E-state index contributed by atoms with van der Waals surface area (Å²) in [6.07, 6.45) is 0. The van der Waals surface area contributed by atoms with Gasteiger partial charge in [0, 0.05) is 17.7 Å². The van der Waals surface area contributed by atoms with E-state index in [4.69, 9.17) is 4.74 Å². The van der Waals surface area contributed by atoms with Crippen LogP contribution in [-0.4, -0.2) is 6.61 Å². The molecule has 25 heavy (non-hydrogen) atoms. The average Bonchev–Trinajstić information content (AvgIpc) is 2.86. The minimum absolute atomic E-state index is 0.524. The van der Waals surface area contributed by atoms with E-state index in [1.54, 1.807) is 0 Å². The van der Waals surface area contributed by atoms with Crippen LogP contribution in [0.1, 0.15) is 40.3 Å². The molecule has 4 rings (SSSR count). The molecule has 0 heterocycles. The molecule has 1 aliphatic carbocycles. The number of benzene rings is 3. The number of rotatable bonds is 3. The van der Waals surface area contributed by atoms with E-state index in [0.29, 0.717) is 6.61 Å². The van der Waals surface area contributed by atoms with Crippen LogP contribution in [0.4, 0.5) is 0 Å². The fraction of sp³-hybridized carbons (Fsp3) is 0.250. The standard InChI is InChI=1S/C24H24O/c1-5-25-24(23-17(3)14-16(2)15-18(23)4)21-12-8-6-10-19(21)20-11-7-9-13-22(20)24/h6-15H,5H2,1-4H3. The minimum atomic E-state index is -0.524. The SMILES string of the molecule is CCOC1(c2c(C)cc(C)cc2C)c2ccccc2-c2ccccc21. The summed E-state index contributed by atoms with van der Waals surface area (Å²) in [6, 6.07) is 21.9. The van der Waals surface area contributed by atoms with Gasteiger partial charge in [0.1, 0.15) is 5.60 Å². The first-order chi connectivity index (χ1) is 12.1. The van der Waals surface area contributed by atoms with Crippen molar-refractivity contribution < 1.29 is 4.74 Å². The summed E-state index contributed by atoms with van der Waals surface area (Å²) in [4.78, 5) is 0. The van der Waals surface area contributed by atoms with E-state index in [1.807, 2.05) is 0 Å². The Morgan fingerprint density at radius 3 is 1.72 bits per heavy atom. The first kappa shape index (κ1) is 16.1. The van der Waals surface area contributed by atoms with Gasteiger partial charge in [0.05, 0.1) is 0 Å². The molecule has 0 aliphatic heterocycles. The maximum atomic E-state index is 6.63. The van der Waals surface area contributed by atoms with Gasteiger partial charge in [-0.2, -0.15) is 0 Å².